The summed E-state index contributed by atoms with van der Waals surface area (Å²) in [4.78, 5) is 11.5. The molecule has 0 heterocycles. The van der Waals surface area contributed by atoms with Gasteiger partial charge in [-0.2, -0.15) is 0 Å². The van der Waals surface area contributed by atoms with Crippen LogP contribution in [0.4, 0.5) is 0 Å². The Morgan fingerprint density at radius 3 is 2.56 bits per heavy atom. The first kappa shape index (κ1) is 14.9. The number of nitrogens with zero attached hydrogens (tertiary/aromatic N) is 1. The van der Waals surface area contributed by atoms with Gasteiger partial charge in [0.25, 0.3) is 0 Å². The predicted octanol–water partition coefficient (Wildman–Crippen LogP) is -0.358. The minimum atomic E-state index is -0.862. The Kier molecular flexibility index (Phi) is 6.71. The van der Waals surface area contributed by atoms with Crippen molar-refractivity contribution in [3.05, 3.63) is 0 Å². The second kappa shape index (κ2) is 7.21. The maximum Gasteiger partial charge on any atom is 0.230 e. The summed E-state index contributed by atoms with van der Waals surface area (Å²) in [6.07, 6.45) is 2.26. The molecule has 0 radical (unpaired) electrons. The van der Waals surface area contributed by atoms with Crippen LogP contribution in [-0.4, -0.2) is 39.2 Å². The van der Waals surface area contributed by atoms with Gasteiger partial charge in [0.05, 0.1) is 5.92 Å². The van der Waals surface area contributed by atoms with Gasteiger partial charge >= 0.3 is 0 Å². The lowest BCUT2D eigenvalue weighted by Gasteiger charge is -2.16. The van der Waals surface area contributed by atoms with E-state index in [1.807, 2.05) is 6.92 Å². The summed E-state index contributed by atoms with van der Waals surface area (Å²) in [5, 5.41) is 13.9. The van der Waals surface area contributed by atoms with Gasteiger partial charge < -0.3 is 16.3 Å². The van der Waals surface area contributed by atoms with E-state index in [-0.39, 0.29) is 17.8 Å². The van der Waals surface area contributed by atoms with Crippen LogP contribution in [0.15, 0.2) is 5.16 Å². The van der Waals surface area contributed by atoms with E-state index in [1.54, 1.807) is 13.2 Å². The smallest absolute Gasteiger partial charge is 0.230 e. The average molecular weight is 249 g/mol. The quantitative estimate of drug-likeness (QED) is 0.259. The zero-order chi connectivity index (χ0) is 12.7. The Bertz CT molecular complexity index is 294. The summed E-state index contributed by atoms with van der Waals surface area (Å²) in [5.74, 6) is -0.549. The van der Waals surface area contributed by atoms with Gasteiger partial charge in [0, 0.05) is 28.9 Å². The molecule has 0 spiro atoms. The molecule has 0 rings (SSSR count). The molecule has 0 aliphatic heterocycles. The van der Waals surface area contributed by atoms with Crippen molar-refractivity contribution in [2.75, 3.05) is 12.0 Å². The molecule has 94 valence electrons. The summed E-state index contributed by atoms with van der Waals surface area (Å²) >= 11 is 0. The third kappa shape index (κ3) is 5.69. The normalized spacial score (nSPS) is 17.6. The highest BCUT2D eigenvalue weighted by Crippen LogP contribution is 1.99. The molecule has 0 aromatic rings. The van der Waals surface area contributed by atoms with Crippen LogP contribution in [0.25, 0.3) is 0 Å². The van der Waals surface area contributed by atoms with Crippen molar-refractivity contribution in [2.24, 2.45) is 16.8 Å². The monoisotopic (exact) mass is 249 g/mol. The number of rotatable bonds is 6. The molecule has 3 unspecified atom stereocenters. The summed E-state index contributed by atoms with van der Waals surface area (Å²) in [7, 11) is -0.862. The summed E-state index contributed by atoms with van der Waals surface area (Å²) in [6.45, 7) is 3.37. The van der Waals surface area contributed by atoms with Crippen molar-refractivity contribution in [3.63, 3.8) is 0 Å². The topological polar surface area (TPSA) is 105 Å². The fourth-order valence-electron chi connectivity index (χ4n) is 1.00. The van der Waals surface area contributed by atoms with Crippen LogP contribution in [0.3, 0.4) is 0 Å². The van der Waals surface area contributed by atoms with Crippen molar-refractivity contribution in [3.8, 4) is 0 Å². The summed E-state index contributed by atoms with van der Waals surface area (Å²) < 4.78 is 10.8. The Hall–Kier alpha value is -1.11. The number of hydrogen-bond acceptors (Lipinski definition) is 4. The predicted molar refractivity (Wildman–Crippen MR) is 63.7 cm³/mol. The van der Waals surface area contributed by atoms with Gasteiger partial charge in [0.1, 0.15) is 0 Å². The lowest BCUT2D eigenvalue weighted by Crippen LogP contribution is -2.41. The van der Waals surface area contributed by atoms with Crippen molar-refractivity contribution in [1.82, 2.24) is 5.32 Å². The Balaban J connectivity index is 4.09. The van der Waals surface area contributed by atoms with Crippen LogP contribution in [0, 0.1) is 5.92 Å². The maximum atomic E-state index is 11.5. The molecule has 0 aromatic heterocycles. The highest BCUT2D eigenvalue weighted by atomic mass is 32.2. The Morgan fingerprint density at radius 2 is 2.12 bits per heavy atom. The number of carbonyl (C=O) groups is 1. The molecule has 0 bridgehead atoms. The van der Waals surface area contributed by atoms with Gasteiger partial charge in [-0.05, 0) is 20.3 Å². The largest absolute Gasteiger partial charge is 0.409 e. The number of hydrogen-bond donors (Lipinski definition) is 3. The van der Waals surface area contributed by atoms with Crippen LogP contribution in [0.2, 0.25) is 0 Å². The molecule has 0 saturated carbocycles. The lowest BCUT2D eigenvalue weighted by atomic mass is 10.1. The molecule has 1 amide bonds. The molecule has 7 heteroatoms. The zero-order valence-electron chi connectivity index (χ0n) is 9.77. The van der Waals surface area contributed by atoms with Crippen LogP contribution in [-0.2, 0) is 15.6 Å². The number of nitrogens with two attached hydrogens (primary N) is 1. The zero-order valence-corrected chi connectivity index (χ0v) is 10.6. The first-order valence-electron chi connectivity index (χ1n) is 4.96. The first-order chi connectivity index (χ1) is 7.38. The molecule has 0 saturated heterocycles. The van der Waals surface area contributed by atoms with E-state index < -0.39 is 16.7 Å². The number of nitrogens with one attached hydrogen (secondary N) is 1. The number of oxime groups is 1. The van der Waals surface area contributed by atoms with Crippen molar-refractivity contribution in [1.29, 1.82) is 0 Å². The minimum absolute atomic E-state index is 0.0784. The molecule has 0 aliphatic rings. The van der Waals surface area contributed by atoms with E-state index in [4.69, 9.17) is 10.9 Å². The molecular weight excluding hydrogens is 230 g/mol. The molecule has 16 heavy (non-hydrogen) atoms. The van der Waals surface area contributed by atoms with Crippen LogP contribution < -0.4 is 11.1 Å². The van der Waals surface area contributed by atoms with E-state index in [2.05, 4.69) is 10.5 Å². The van der Waals surface area contributed by atoms with Gasteiger partial charge in [0.2, 0.25) is 5.91 Å². The molecule has 0 aliphatic carbocycles. The Morgan fingerprint density at radius 1 is 1.56 bits per heavy atom. The van der Waals surface area contributed by atoms with Crippen LogP contribution >= 0.6 is 0 Å². The number of amidine groups is 1. The minimum Gasteiger partial charge on any atom is -0.409 e. The van der Waals surface area contributed by atoms with Gasteiger partial charge in [-0.25, -0.2) is 0 Å². The molecule has 4 N–H and O–H groups in total. The molecule has 3 atom stereocenters. The number of amides is 1. The highest BCUT2D eigenvalue weighted by Gasteiger charge is 2.19. The van der Waals surface area contributed by atoms with Crippen LogP contribution in [0.1, 0.15) is 20.3 Å². The molecule has 0 aromatic carbocycles. The fraction of sp³-hybridized carbons (Fsp3) is 0.778. The lowest BCUT2D eigenvalue weighted by molar-refractivity contribution is -0.123. The van der Waals surface area contributed by atoms with Crippen molar-refractivity contribution in [2.45, 2.75) is 26.3 Å². The number of carbonyl (C=O) groups excluding carboxylic acids is 1. The highest BCUT2D eigenvalue weighted by molar-refractivity contribution is 7.84. The van der Waals surface area contributed by atoms with Crippen molar-refractivity contribution < 1.29 is 14.2 Å². The average Bonchev–Trinajstić information content (AvgIpc) is 2.24. The van der Waals surface area contributed by atoms with E-state index in [0.29, 0.717) is 12.2 Å². The summed E-state index contributed by atoms with van der Waals surface area (Å²) in [6, 6.07) is -0.0784. The van der Waals surface area contributed by atoms with Crippen LogP contribution in [0.5, 0.6) is 0 Å². The van der Waals surface area contributed by atoms with Gasteiger partial charge in [0.15, 0.2) is 5.84 Å². The third-order valence-corrected chi connectivity index (χ3v) is 2.99. The van der Waals surface area contributed by atoms with E-state index in [1.165, 1.54) is 0 Å². The summed E-state index contributed by atoms with van der Waals surface area (Å²) in [5.41, 5.74) is 5.31. The first-order valence-corrected chi connectivity index (χ1v) is 6.69. The van der Waals surface area contributed by atoms with E-state index in [9.17, 15) is 9.00 Å². The molecule has 0 fully saturated rings. The van der Waals surface area contributed by atoms with Gasteiger partial charge in [-0.15, -0.1) is 0 Å². The van der Waals surface area contributed by atoms with E-state index in [0.717, 1.165) is 0 Å². The second-order valence-electron chi connectivity index (χ2n) is 3.72. The molecule has 6 nitrogen and oxygen atoms in total. The maximum absolute atomic E-state index is 11.5. The molecular formula is C9H19N3O3S. The van der Waals surface area contributed by atoms with Crippen molar-refractivity contribution >= 4 is 22.5 Å². The Labute approximate surface area is 97.7 Å². The SMILES string of the molecule is CC(CCS(C)=O)NC(=O)C(C)C(N)=NO. The third-order valence-electron chi connectivity index (χ3n) is 2.18. The van der Waals surface area contributed by atoms with Gasteiger partial charge in [-0.1, -0.05) is 5.16 Å². The standard InChI is InChI=1S/C9H19N3O3S/c1-6(4-5-16(3)15)11-9(13)7(2)8(10)12-14/h6-7,14H,4-5H2,1-3H3,(H2,10,12)(H,11,13). The fourth-order valence-corrected chi connectivity index (χ4v) is 1.69. The van der Waals surface area contributed by atoms with E-state index >= 15 is 0 Å². The van der Waals surface area contributed by atoms with Gasteiger partial charge in [-0.3, -0.25) is 9.00 Å². The second-order valence-corrected chi connectivity index (χ2v) is 5.28.